The lowest BCUT2D eigenvalue weighted by atomic mass is 10.1. The Balaban J connectivity index is 1.52. The molecule has 1 heterocycles. The summed E-state index contributed by atoms with van der Waals surface area (Å²) in [5, 5.41) is 3.54. The minimum Gasteiger partial charge on any atom is -0.484 e. The van der Waals surface area contributed by atoms with Crippen LogP contribution in [0.2, 0.25) is 5.02 Å². The lowest BCUT2D eigenvalue weighted by molar-refractivity contribution is -0.123. The van der Waals surface area contributed by atoms with Crippen molar-refractivity contribution in [3.63, 3.8) is 0 Å². The number of hydrogen-bond acceptors (Lipinski definition) is 4. The molecule has 1 amide bonds. The number of ether oxygens (including phenoxy) is 3. The molecule has 6 heteroatoms. The van der Waals surface area contributed by atoms with Crippen molar-refractivity contribution in [1.82, 2.24) is 5.32 Å². The van der Waals surface area contributed by atoms with Crippen LogP contribution in [0.3, 0.4) is 0 Å². The third-order valence-corrected chi connectivity index (χ3v) is 3.71. The number of carbonyl (C=O) groups excluding carboxylic acids is 1. The zero-order chi connectivity index (χ0) is 16.2. The summed E-state index contributed by atoms with van der Waals surface area (Å²) in [5.41, 5.74) is 0.978. The normalized spacial score (nSPS) is 13.5. The molecule has 5 nitrogen and oxygen atoms in total. The molecule has 0 saturated carbocycles. The van der Waals surface area contributed by atoms with E-state index in [-0.39, 0.29) is 25.3 Å². The highest BCUT2D eigenvalue weighted by atomic mass is 35.5. The molecule has 0 aliphatic carbocycles. The van der Waals surface area contributed by atoms with E-state index in [0.717, 1.165) is 5.56 Å². The molecule has 2 aromatic carbocycles. The van der Waals surface area contributed by atoms with E-state index in [1.54, 1.807) is 30.3 Å². The van der Waals surface area contributed by atoms with Crippen LogP contribution in [0.1, 0.15) is 18.5 Å². The van der Waals surface area contributed by atoms with Gasteiger partial charge in [0.05, 0.1) is 6.04 Å². The summed E-state index contributed by atoms with van der Waals surface area (Å²) in [6.07, 6.45) is 0. The lowest BCUT2D eigenvalue weighted by Gasteiger charge is -2.15. The average Bonchev–Trinajstić information content (AvgIpc) is 3.01. The molecule has 3 rings (SSSR count). The second kappa shape index (κ2) is 6.79. The highest BCUT2D eigenvalue weighted by Crippen LogP contribution is 2.35. The molecular formula is C17H16ClNO4. The third-order valence-electron chi connectivity index (χ3n) is 3.46. The summed E-state index contributed by atoms with van der Waals surface area (Å²) in [5.74, 6) is 1.66. The maximum Gasteiger partial charge on any atom is 0.258 e. The molecule has 1 aliphatic heterocycles. The summed E-state index contributed by atoms with van der Waals surface area (Å²) < 4.78 is 16.0. The molecule has 0 spiro atoms. The Bertz CT molecular complexity index is 702. The van der Waals surface area contributed by atoms with E-state index in [0.29, 0.717) is 22.3 Å². The third kappa shape index (κ3) is 3.87. The van der Waals surface area contributed by atoms with Gasteiger partial charge >= 0.3 is 0 Å². The number of fused-ring (bicyclic) bond motifs is 1. The number of hydrogen-bond donors (Lipinski definition) is 1. The summed E-state index contributed by atoms with van der Waals surface area (Å²) in [7, 11) is 0. The second-order valence-electron chi connectivity index (χ2n) is 5.14. The van der Waals surface area contributed by atoms with Gasteiger partial charge in [-0.15, -0.1) is 0 Å². The topological polar surface area (TPSA) is 56.8 Å². The smallest absolute Gasteiger partial charge is 0.258 e. The van der Waals surface area contributed by atoms with Gasteiger partial charge in [0.1, 0.15) is 5.75 Å². The monoisotopic (exact) mass is 333 g/mol. The molecule has 2 aromatic rings. The highest BCUT2D eigenvalue weighted by molar-refractivity contribution is 6.30. The number of halogens is 1. The molecule has 1 N–H and O–H groups in total. The average molecular weight is 334 g/mol. The largest absolute Gasteiger partial charge is 0.484 e. The Morgan fingerprint density at radius 1 is 1.22 bits per heavy atom. The summed E-state index contributed by atoms with van der Waals surface area (Å²) in [4.78, 5) is 12.0. The molecular weight excluding hydrogens is 318 g/mol. The fourth-order valence-electron chi connectivity index (χ4n) is 2.23. The minimum absolute atomic E-state index is 0.0719. The van der Waals surface area contributed by atoms with E-state index >= 15 is 0 Å². The van der Waals surface area contributed by atoms with Crippen LogP contribution >= 0.6 is 11.6 Å². The van der Waals surface area contributed by atoms with Crippen LogP contribution < -0.4 is 19.5 Å². The first kappa shape index (κ1) is 15.5. The van der Waals surface area contributed by atoms with E-state index in [1.807, 2.05) is 19.1 Å². The summed E-state index contributed by atoms with van der Waals surface area (Å²) in [6.45, 7) is 2.04. The Kier molecular flexibility index (Phi) is 4.57. The van der Waals surface area contributed by atoms with Gasteiger partial charge in [0, 0.05) is 11.1 Å². The van der Waals surface area contributed by atoms with Crippen LogP contribution in [-0.4, -0.2) is 19.3 Å². The van der Waals surface area contributed by atoms with Crippen LogP contribution in [0.5, 0.6) is 17.2 Å². The second-order valence-corrected chi connectivity index (χ2v) is 5.58. The van der Waals surface area contributed by atoms with Gasteiger partial charge in [-0.3, -0.25) is 4.79 Å². The summed E-state index contributed by atoms with van der Waals surface area (Å²) >= 11 is 5.85. The Morgan fingerprint density at radius 2 is 1.96 bits per heavy atom. The van der Waals surface area contributed by atoms with Crippen molar-refractivity contribution in [2.45, 2.75) is 13.0 Å². The van der Waals surface area contributed by atoms with Gasteiger partial charge in [0.25, 0.3) is 5.91 Å². The summed E-state index contributed by atoms with van der Waals surface area (Å²) in [6, 6.07) is 12.4. The van der Waals surface area contributed by atoms with Crippen molar-refractivity contribution in [1.29, 1.82) is 0 Å². The van der Waals surface area contributed by atoms with E-state index in [1.165, 1.54) is 0 Å². The van der Waals surface area contributed by atoms with Crippen LogP contribution in [0.25, 0.3) is 0 Å². The van der Waals surface area contributed by atoms with Gasteiger partial charge in [0.2, 0.25) is 6.79 Å². The van der Waals surface area contributed by atoms with Crippen LogP contribution in [0, 0.1) is 0 Å². The van der Waals surface area contributed by atoms with Crippen molar-refractivity contribution in [2.75, 3.05) is 13.4 Å². The van der Waals surface area contributed by atoms with E-state index in [9.17, 15) is 4.79 Å². The number of rotatable bonds is 5. The predicted octanol–water partition coefficient (Wildman–Crippen LogP) is 3.32. The maximum atomic E-state index is 12.0. The van der Waals surface area contributed by atoms with Crippen molar-refractivity contribution in [2.24, 2.45) is 0 Å². The first-order chi connectivity index (χ1) is 11.1. The molecule has 0 fully saturated rings. The molecule has 0 aromatic heterocycles. The number of amides is 1. The number of nitrogens with one attached hydrogen (secondary N) is 1. The fourth-order valence-corrected chi connectivity index (χ4v) is 2.36. The van der Waals surface area contributed by atoms with Crippen LogP contribution in [0.4, 0.5) is 0 Å². The maximum absolute atomic E-state index is 12.0. The molecule has 0 bridgehead atoms. The zero-order valence-corrected chi connectivity index (χ0v) is 13.3. The molecule has 23 heavy (non-hydrogen) atoms. The van der Waals surface area contributed by atoms with Gasteiger partial charge < -0.3 is 19.5 Å². The Hall–Kier alpha value is -2.40. The van der Waals surface area contributed by atoms with Gasteiger partial charge in [-0.25, -0.2) is 0 Å². The van der Waals surface area contributed by atoms with Crippen molar-refractivity contribution < 1.29 is 19.0 Å². The Morgan fingerprint density at radius 3 is 2.74 bits per heavy atom. The minimum atomic E-state index is -0.204. The fraction of sp³-hybridized carbons (Fsp3) is 0.235. The van der Waals surface area contributed by atoms with Gasteiger partial charge in [-0.2, -0.15) is 0 Å². The number of carbonyl (C=O) groups is 1. The van der Waals surface area contributed by atoms with E-state index in [4.69, 9.17) is 25.8 Å². The van der Waals surface area contributed by atoms with Gasteiger partial charge in [0.15, 0.2) is 18.1 Å². The molecule has 1 unspecified atom stereocenters. The molecule has 0 saturated heterocycles. The van der Waals surface area contributed by atoms with E-state index in [2.05, 4.69) is 5.32 Å². The van der Waals surface area contributed by atoms with Crippen LogP contribution in [0.15, 0.2) is 42.5 Å². The van der Waals surface area contributed by atoms with Gasteiger partial charge in [-0.05, 0) is 36.8 Å². The SMILES string of the molecule is CC(NC(=O)COc1ccc2c(c1)OCO2)c1ccc(Cl)cc1. The quantitative estimate of drug-likeness (QED) is 0.912. The van der Waals surface area contributed by atoms with Crippen molar-refractivity contribution >= 4 is 17.5 Å². The lowest BCUT2D eigenvalue weighted by Crippen LogP contribution is -2.31. The van der Waals surface area contributed by atoms with Crippen LogP contribution in [-0.2, 0) is 4.79 Å². The molecule has 1 aliphatic rings. The first-order valence-electron chi connectivity index (χ1n) is 7.19. The van der Waals surface area contributed by atoms with Gasteiger partial charge in [-0.1, -0.05) is 23.7 Å². The predicted molar refractivity (Wildman–Crippen MR) is 86.1 cm³/mol. The first-order valence-corrected chi connectivity index (χ1v) is 7.57. The molecule has 120 valence electrons. The molecule has 0 radical (unpaired) electrons. The van der Waals surface area contributed by atoms with E-state index < -0.39 is 0 Å². The standard InChI is InChI=1S/C17H16ClNO4/c1-11(12-2-4-13(18)5-3-12)19-17(20)9-21-14-6-7-15-16(8-14)23-10-22-15/h2-8,11H,9-10H2,1H3,(H,19,20). The highest BCUT2D eigenvalue weighted by Gasteiger charge is 2.15. The van der Waals surface area contributed by atoms with Crippen molar-refractivity contribution in [3.8, 4) is 17.2 Å². The Labute approximate surface area is 139 Å². The van der Waals surface area contributed by atoms with Crippen molar-refractivity contribution in [3.05, 3.63) is 53.1 Å². The zero-order valence-electron chi connectivity index (χ0n) is 12.5. The molecule has 1 atom stereocenters. The number of benzene rings is 2.